The Kier molecular flexibility index (Phi) is 7.00. The van der Waals surface area contributed by atoms with Gasteiger partial charge in [0.15, 0.2) is 6.61 Å². The lowest BCUT2D eigenvalue weighted by Gasteiger charge is -2.13. The first-order valence-corrected chi connectivity index (χ1v) is 8.86. The van der Waals surface area contributed by atoms with Crippen molar-refractivity contribution in [3.05, 3.63) is 34.7 Å². The van der Waals surface area contributed by atoms with Gasteiger partial charge < -0.3 is 14.2 Å². The molecule has 0 bridgehead atoms. The first-order valence-electron chi connectivity index (χ1n) is 8.04. The standard InChI is InChI=1S/C18H19NO7S/c1-11(2)26-15(20)9-19-17(22)14(27-18(19)23)8-12-4-6-13(7-5-12)25-10-16(21)24-3/h4-8,11H,9-10H2,1-3H3/b14-8-. The Labute approximate surface area is 160 Å². The summed E-state index contributed by atoms with van der Waals surface area (Å²) in [6.07, 6.45) is 1.22. The molecule has 27 heavy (non-hydrogen) atoms. The average Bonchev–Trinajstić information content (AvgIpc) is 2.87. The van der Waals surface area contributed by atoms with Gasteiger partial charge in [-0.15, -0.1) is 0 Å². The second kappa shape index (κ2) is 9.22. The van der Waals surface area contributed by atoms with E-state index in [9.17, 15) is 19.2 Å². The van der Waals surface area contributed by atoms with Crippen LogP contribution >= 0.6 is 11.8 Å². The number of hydrogen-bond acceptors (Lipinski definition) is 8. The maximum Gasteiger partial charge on any atom is 0.343 e. The molecule has 0 aliphatic carbocycles. The number of carbonyl (C=O) groups is 4. The molecule has 8 nitrogen and oxygen atoms in total. The average molecular weight is 393 g/mol. The molecule has 1 aliphatic heterocycles. The van der Waals surface area contributed by atoms with Crippen molar-refractivity contribution in [2.45, 2.75) is 20.0 Å². The number of methoxy groups -OCH3 is 1. The summed E-state index contributed by atoms with van der Waals surface area (Å²) in [5, 5.41) is -0.523. The van der Waals surface area contributed by atoms with Crippen LogP contribution in [0, 0.1) is 0 Å². The van der Waals surface area contributed by atoms with Crippen LogP contribution < -0.4 is 4.74 Å². The molecule has 2 amide bonds. The monoisotopic (exact) mass is 393 g/mol. The van der Waals surface area contributed by atoms with E-state index in [1.807, 2.05) is 0 Å². The fraction of sp³-hybridized carbons (Fsp3) is 0.333. The number of ether oxygens (including phenoxy) is 3. The van der Waals surface area contributed by atoms with E-state index < -0.39 is 29.6 Å². The first kappa shape index (κ1) is 20.5. The molecule has 9 heteroatoms. The van der Waals surface area contributed by atoms with Crippen molar-refractivity contribution in [2.75, 3.05) is 20.3 Å². The molecule has 0 saturated carbocycles. The van der Waals surface area contributed by atoms with Gasteiger partial charge in [0.2, 0.25) is 0 Å². The number of thioether (sulfide) groups is 1. The molecule has 2 rings (SSSR count). The predicted octanol–water partition coefficient (Wildman–Crippen LogP) is 2.23. The van der Waals surface area contributed by atoms with E-state index in [2.05, 4.69) is 4.74 Å². The van der Waals surface area contributed by atoms with Crippen LogP contribution in [0.1, 0.15) is 19.4 Å². The molecule has 1 aliphatic rings. The Morgan fingerprint density at radius 3 is 2.41 bits per heavy atom. The van der Waals surface area contributed by atoms with Gasteiger partial charge in [-0.25, -0.2) is 4.79 Å². The van der Waals surface area contributed by atoms with E-state index in [1.165, 1.54) is 7.11 Å². The predicted molar refractivity (Wildman–Crippen MR) is 97.9 cm³/mol. The molecule has 1 saturated heterocycles. The Balaban J connectivity index is 2.02. The van der Waals surface area contributed by atoms with Crippen LogP contribution in [0.25, 0.3) is 6.08 Å². The van der Waals surface area contributed by atoms with Gasteiger partial charge in [0.05, 0.1) is 18.1 Å². The van der Waals surface area contributed by atoms with Gasteiger partial charge in [-0.05, 0) is 49.4 Å². The summed E-state index contributed by atoms with van der Waals surface area (Å²) in [7, 11) is 1.27. The molecule has 1 aromatic rings. The third kappa shape index (κ3) is 5.85. The molecule has 1 fully saturated rings. The van der Waals surface area contributed by atoms with E-state index in [-0.39, 0.29) is 17.6 Å². The Bertz CT molecular complexity index is 770. The minimum Gasteiger partial charge on any atom is -0.482 e. The van der Waals surface area contributed by atoms with Crippen molar-refractivity contribution in [2.24, 2.45) is 0 Å². The number of nitrogens with zero attached hydrogens (tertiary/aromatic N) is 1. The Morgan fingerprint density at radius 2 is 1.81 bits per heavy atom. The van der Waals surface area contributed by atoms with E-state index >= 15 is 0 Å². The van der Waals surface area contributed by atoms with Crippen molar-refractivity contribution < 1.29 is 33.4 Å². The van der Waals surface area contributed by atoms with Gasteiger partial charge in [-0.1, -0.05) is 12.1 Å². The van der Waals surface area contributed by atoms with E-state index in [4.69, 9.17) is 9.47 Å². The number of hydrogen-bond donors (Lipinski definition) is 0. The molecule has 1 heterocycles. The fourth-order valence-electron chi connectivity index (χ4n) is 2.08. The maximum absolute atomic E-state index is 12.4. The lowest BCUT2D eigenvalue weighted by Crippen LogP contribution is -2.35. The van der Waals surface area contributed by atoms with Gasteiger partial charge in [0.25, 0.3) is 11.1 Å². The lowest BCUT2D eigenvalue weighted by molar-refractivity contribution is -0.149. The smallest absolute Gasteiger partial charge is 0.343 e. The normalized spacial score (nSPS) is 15.4. The summed E-state index contributed by atoms with van der Waals surface area (Å²) in [5.41, 5.74) is 0.663. The van der Waals surface area contributed by atoms with Crippen LogP contribution in [0.3, 0.4) is 0 Å². The maximum atomic E-state index is 12.4. The second-order valence-corrected chi connectivity index (χ2v) is 6.73. The van der Waals surface area contributed by atoms with E-state index in [1.54, 1.807) is 44.2 Å². The summed E-state index contributed by atoms with van der Waals surface area (Å²) in [6, 6.07) is 6.60. The highest BCUT2D eigenvalue weighted by molar-refractivity contribution is 8.18. The fourth-order valence-corrected chi connectivity index (χ4v) is 2.92. The van der Waals surface area contributed by atoms with E-state index in [0.717, 1.165) is 16.7 Å². The molecular formula is C18H19NO7S. The quantitative estimate of drug-likeness (QED) is 0.514. The Morgan fingerprint density at radius 1 is 1.15 bits per heavy atom. The number of carbonyl (C=O) groups excluding carboxylic acids is 4. The van der Waals surface area contributed by atoms with Crippen LogP contribution in [0.5, 0.6) is 5.75 Å². The highest BCUT2D eigenvalue weighted by Crippen LogP contribution is 2.32. The van der Waals surface area contributed by atoms with Crippen LogP contribution in [0.2, 0.25) is 0 Å². The van der Waals surface area contributed by atoms with Gasteiger partial charge >= 0.3 is 11.9 Å². The summed E-state index contributed by atoms with van der Waals surface area (Å²) in [4.78, 5) is 48.1. The minimum absolute atomic E-state index is 0.207. The SMILES string of the molecule is COC(=O)COc1ccc(/C=C2\SC(=O)N(CC(=O)OC(C)C)C2=O)cc1. The number of esters is 2. The first-order chi connectivity index (χ1) is 12.8. The number of imide groups is 1. The molecule has 0 spiro atoms. The summed E-state index contributed by atoms with van der Waals surface area (Å²) >= 11 is 0.757. The Hall–Kier alpha value is -2.81. The van der Waals surface area contributed by atoms with Crippen LogP contribution in [0.15, 0.2) is 29.2 Å². The van der Waals surface area contributed by atoms with Crippen LogP contribution in [-0.4, -0.2) is 54.4 Å². The van der Waals surface area contributed by atoms with Crippen molar-refractivity contribution in [1.29, 1.82) is 0 Å². The molecule has 0 N–H and O–H groups in total. The van der Waals surface area contributed by atoms with Crippen molar-refractivity contribution in [1.82, 2.24) is 4.90 Å². The summed E-state index contributed by atoms with van der Waals surface area (Å²) in [5.74, 6) is -1.22. The number of benzene rings is 1. The van der Waals surface area contributed by atoms with Gasteiger partial charge in [0.1, 0.15) is 12.3 Å². The van der Waals surface area contributed by atoms with Crippen molar-refractivity contribution >= 4 is 40.9 Å². The second-order valence-electron chi connectivity index (χ2n) is 5.74. The number of amides is 2. The van der Waals surface area contributed by atoms with Crippen LogP contribution in [0.4, 0.5) is 4.79 Å². The van der Waals surface area contributed by atoms with Gasteiger partial charge in [-0.3, -0.25) is 19.3 Å². The highest BCUT2D eigenvalue weighted by Gasteiger charge is 2.36. The third-order valence-electron chi connectivity index (χ3n) is 3.29. The van der Waals surface area contributed by atoms with Crippen molar-refractivity contribution in [3.63, 3.8) is 0 Å². The zero-order valence-corrected chi connectivity index (χ0v) is 15.9. The third-order valence-corrected chi connectivity index (χ3v) is 4.20. The van der Waals surface area contributed by atoms with Gasteiger partial charge in [0, 0.05) is 0 Å². The van der Waals surface area contributed by atoms with Gasteiger partial charge in [-0.2, -0.15) is 0 Å². The number of rotatable bonds is 7. The largest absolute Gasteiger partial charge is 0.482 e. The van der Waals surface area contributed by atoms with Crippen LogP contribution in [-0.2, 0) is 23.9 Å². The zero-order valence-electron chi connectivity index (χ0n) is 15.1. The van der Waals surface area contributed by atoms with Crippen molar-refractivity contribution in [3.8, 4) is 5.75 Å². The zero-order chi connectivity index (χ0) is 20.0. The summed E-state index contributed by atoms with van der Waals surface area (Å²) in [6.45, 7) is 2.75. The topological polar surface area (TPSA) is 99.2 Å². The molecule has 0 aromatic heterocycles. The molecule has 0 unspecified atom stereocenters. The highest BCUT2D eigenvalue weighted by atomic mass is 32.2. The molecule has 144 valence electrons. The molecular weight excluding hydrogens is 374 g/mol. The molecule has 1 aromatic carbocycles. The lowest BCUT2D eigenvalue weighted by atomic mass is 10.2. The molecule has 0 atom stereocenters. The summed E-state index contributed by atoms with van der Waals surface area (Å²) < 4.78 is 14.7. The molecule has 0 radical (unpaired) electrons. The van der Waals surface area contributed by atoms with E-state index in [0.29, 0.717) is 11.3 Å². The minimum atomic E-state index is -0.638.